The molecule has 2 atom stereocenters. The normalized spacial score (nSPS) is 14.6. The van der Waals surface area contributed by atoms with E-state index in [0.29, 0.717) is 12.0 Å². The zero-order valence-electron chi connectivity index (χ0n) is 10.6. The third-order valence-electron chi connectivity index (χ3n) is 2.58. The predicted molar refractivity (Wildman–Crippen MR) is 68.5 cm³/mol. The molecule has 0 aliphatic heterocycles. The molecule has 0 aromatic heterocycles. The molecule has 3 N–H and O–H groups in total. The highest BCUT2D eigenvalue weighted by Gasteiger charge is 2.44. The summed E-state index contributed by atoms with van der Waals surface area (Å²) in [6.45, 7) is 1.70. The second-order valence-electron chi connectivity index (χ2n) is 4.04. The summed E-state index contributed by atoms with van der Waals surface area (Å²) in [6.07, 6.45) is -8.97. The first-order valence-electron chi connectivity index (χ1n) is 5.66. The molecule has 8 heteroatoms. The molecule has 116 valence electrons. The second kappa shape index (κ2) is 7.66. The number of nitrogens with two attached hydrogens (primary N) is 1. The molecule has 3 nitrogen and oxygen atoms in total. The lowest BCUT2D eigenvalue weighted by atomic mass is 10.0. The topological polar surface area (TPSA) is 55.5 Å². The minimum Gasteiger partial charge on any atom is -0.428 e. The molecule has 0 amide bonds. The molecule has 0 spiro atoms. The summed E-state index contributed by atoms with van der Waals surface area (Å²) in [5, 5.41) is 9.56. The Labute approximate surface area is 120 Å². The van der Waals surface area contributed by atoms with Gasteiger partial charge in [0.15, 0.2) is 0 Å². The van der Waals surface area contributed by atoms with Crippen LogP contribution >= 0.6 is 12.4 Å². The van der Waals surface area contributed by atoms with Gasteiger partial charge in [-0.25, -0.2) is 0 Å². The third-order valence-corrected chi connectivity index (χ3v) is 2.58. The van der Waals surface area contributed by atoms with Crippen LogP contribution in [0.25, 0.3) is 0 Å². The Bertz CT molecular complexity index is 420. The number of aliphatic hydroxyl groups is 1. The zero-order valence-corrected chi connectivity index (χ0v) is 11.4. The molecule has 1 rings (SSSR count). The second-order valence-corrected chi connectivity index (χ2v) is 4.04. The molecular weight excluding hydrogens is 302 g/mol. The van der Waals surface area contributed by atoms with E-state index in [1.807, 2.05) is 0 Å². The molecule has 0 aliphatic carbocycles. The van der Waals surface area contributed by atoms with Crippen molar-refractivity contribution in [3.63, 3.8) is 0 Å². The van der Waals surface area contributed by atoms with Crippen molar-refractivity contribution in [2.45, 2.75) is 38.0 Å². The largest absolute Gasteiger partial charge is 0.461 e. The van der Waals surface area contributed by atoms with Gasteiger partial charge in [0.2, 0.25) is 0 Å². The van der Waals surface area contributed by atoms with Gasteiger partial charge in [-0.1, -0.05) is 19.1 Å². The average molecular weight is 318 g/mol. The lowest BCUT2D eigenvalue weighted by molar-refractivity contribution is -0.253. The number of rotatable bonds is 6. The molecule has 0 unspecified atom stereocenters. The Morgan fingerprint density at radius 3 is 2.45 bits per heavy atom. The number of benzene rings is 1. The summed E-state index contributed by atoms with van der Waals surface area (Å²) in [5.74, 6) is -0.429. The minimum atomic E-state index is -4.56. The maximum Gasteiger partial charge on any atom is 0.461 e. The summed E-state index contributed by atoms with van der Waals surface area (Å²) in [6, 6.07) is 4.27. The first-order chi connectivity index (χ1) is 8.77. The van der Waals surface area contributed by atoms with Crippen LogP contribution < -0.4 is 10.5 Å². The zero-order chi connectivity index (χ0) is 14.6. The number of hydrogen-bond donors (Lipinski definition) is 2. The van der Waals surface area contributed by atoms with E-state index in [1.165, 1.54) is 12.1 Å². The molecule has 0 aliphatic rings. The highest BCUT2D eigenvalue weighted by Crippen LogP contribution is 2.29. The van der Waals surface area contributed by atoms with Crippen LogP contribution in [0.3, 0.4) is 0 Å². The van der Waals surface area contributed by atoms with Crippen LogP contribution in [-0.2, 0) is 0 Å². The highest BCUT2D eigenvalue weighted by atomic mass is 35.5. The van der Waals surface area contributed by atoms with Crippen LogP contribution in [0.1, 0.15) is 24.9 Å². The van der Waals surface area contributed by atoms with Crippen LogP contribution in [0.2, 0.25) is 0 Å². The molecule has 0 radical (unpaired) electrons. The van der Waals surface area contributed by atoms with Crippen molar-refractivity contribution >= 4 is 12.4 Å². The van der Waals surface area contributed by atoms with Crippen LogP contribution in [-0.4, -0.2) is 23.7 Å². The fraction of sp³-hybridized carbons (Fsp3) is 0.500. The SMILES string of the molecule is CC[C@@H](O)[C@@H](N)c1cccc(OC(F)(F)C(F)F)c1.Cl. The van der Waals surface area contributed by atoms with Crippen molar-refractivity contribution in [1.82, 2.24) is 0 Å². The minimum absolute atomic E-state index is 0. The third kappa shape index (κ3) is 4.81. The molecule has 1 aromatic carbocycles. The van der Waals surface area contributed by atoms with Crippen molar-refractivity contribution in [3.05, 3.63) is 29.8 Å². The van der Waals surface area contributed by atoms with Gasteiger partial charge in [0.05, 0.1) is 12.1 Å². The van der Waals surface area contributed by atoms with Gasteiger partial charge in [-0.05, 0) is 24.1 Å². The first kappa shape index (κ1) is 18.9. The van der Waals surface area contributed by atoms with E-state index in [4.69, 9.17) is 5.73 Å². The van der Waals surface area contributed by atoms with Crippen molar-refractivity contribution in [2.24, 2.45) is 5.73 Å². The molecule has 0 saturated heterocycles. The first-order valence-corrected chi connectivity index (χ1v) is 5.66. The molecule has 0 heterocycles. The summed E-state index contributed by atoms with van der Waals surface area (Å²) in [7, 11) is 0. The maximum atomic E-state index is 12.7. The monoisotopic (exact) mass is 317 g/mol. The molecule has 0 bridgehead atoms. The fourth-order valence-electron chi connectivity index (χ4n) is 1.46. The lowest BCUT2D eigenvalue weighted by Gasteiger charge is -2.20. The van der Waals surface area contributed by atoms with E-state index >= 15 is 0 Å². The van der Waals surface area contributed by atoms with Gasteiger partial charge >= 0.3 is 12.5 Å². The van der Waals surface area contributed by atoms with Gasteiger partial charge in [0.1, 0.15) is 5.75 Å². The molecule has 0 fully saturated rings. The maximum absolute atomic E-state index is 12.7. The molecule has 20 heavy (non-hydrogen) atoms. The van der Waals surface area contributed by atoms with E-state index in [0.717, 1.165) is 12.1 Å². The Balaban J connectivity index is 0.00000361. The standard InChI is InChI=1S/C12H15F4NO2.ClH/c1-2-9(18)10(17)7-4-3-5-8(6-7)19-12(15,16)11(13)14;/h3-6,9-11,18H,2,17H2,1H3;1H/t9-,10+;/m1./s1. The van der Waals surface area contributed by atoms with Crippen LogP contribution in [0.5, 0.6) is 5.75 Å². The Kier molecular flexibility index (Phi) is 7.26. The van der Waals surface area contributed by atoms with Gasteiger partial charge in [-0.3, -0.25) is 0 Å². The Hall–Kier alpha value is -1.05. The number of ether oxygens (including phenoxy) is 1. The van der Waals surface area contributed by atoms with E-state index in [2.05, 4.69) is 4.74 Å². The van der Waals surface area contributed by atoms with Gasteiger partial charge in [0, 0.05) is 0 Å². The van der Waals surface area contributed by atoms with Gasteiger partial charge in [0.25, 0.3) is 0 Å². The van der Waals surface area contributed by atoms with Crippen molar-refractivity contribution in [3.8, 4) is 5.75 Å². The lowest BCUT2D eigenvalue weighted by Crippen LogP contribution is -2.33. The van der Waals surface area contributed by atoms with Crippen molar-refractivity contribution in [2.75, 3.05) is 0 Å². The number of aliphatic hydroxyl groups excluding tert-OH is 1. The fourth-order valence-corrected chi connectivity index (χ4v) is 1.46. The highest BCUT2D eigenvalue weighted by molar-refractivity contribution is 5.85. The van der Waals surface area contributed by atoms with E-state index in [9.17, 15) is 22.7 Å². The van der Waals surface area contributed by atoms with Gasteiger partial charge in [-0.2, -0.15) is 17.6 Å². The number of alkyl halides is 4. The average Bonchev–Trinajstić information content (AvgIpc) is 2.36. The van der Waals surface area contributed by atoms with Crippen LogP contribution in [0.4, 0.5) is 17.6 Å². The van der Waals surface area contributed by atoms with Crippen LogP contribution in [0, 0.1) is 0 Å². The van der Waals surface area contributed by atoms with Crippen molar-refractivity contribution < 1.29 is 27.4 Å². The van der Waals surface area contributed by atoms with Gasteiger partial charge in [-0.15, -0.1) is 12.4 Å². The summed E-state index contributed by atoms with van der Waals surface area (Å²) < 4.78 is 53.4. The number of halogens is 5. The van der Waals surface area contributed by atoms with E-state index < -0.39 is 30.4 Å². The Morgan fingerprint density at radius 1 is 1.35 bits per heavy atom. The molecule has 1 aromatic rings. The quantitative estimate of drug-likeness (QED) is 0.793. The van der Waals surface area contributed by atoms with Crippen molar-refractivity contribution in [1.29, 1.82) is 0 Å². The molecular formula is C12H16ClF4NO2. The number of hydrogen-bond acceptors (Lipinski definition) is 3. The smallest absolute Gasteiger partial charge is 0.428 e. The van der Waals surface area contributed by atoms with E-state index in [1.54, 1.807) is 6.92 Å². The summed E-state index contributed by atoms with van der Waals surface area (Å²) in [4.78, 5) is 0. The van der Waals surface area contributed by atoms with E-state index in [-0.39, 0.29) is 12.4 Å². The van der Waals surface area contributed by atoms with Gasteiger partial charge < -0.3 is 15.6 Å². The van der Waals surface area contributed by atoms with Crippen LogP contribution in [0.15, 0.2) is 24.3 Å². The summed E-state index contributed by atoms with van der Waals surface area (Å²) >= 11 is 0. The Morgan fingerprint density at radius 2 is 1.95 bits per heavy atom. The molecule has 0 saturated carbocycles. The predicted octanol–water partition coefficient (Wildman–Crippen LogP) is 3.12. The summed E-state index contributed by atoms with van der Waals surface area (Å²) in [5.41, 5.74) is 6.03.